The predicted octanol–water partition coefficient (Wildman–Crippen LogP) is 3.48. The highest BCUT2D eigenvalue weighted by Gasteiger charge is 2.36. The first kappa shape index (κ1) is 10.4. The van der Waals surface area contributed by atoms with Gasteiger partial charge in [0, 0.05) is 0 Å². The molecule has 0 amide bonds. The van der Waals surface area contributed by atoms with E-state index in [9.17, 15) is 0 Å². The average molecular weight is 226 g/mol. The zero-order valence-corrected chi connectivity index (χ0v) is 9.67. The van der Waals surface area contributed by atoms with Gasteiger partial charge in [0.1, 0.15) is 11.9 Å². The summed E-state index contributed by atoms with van der Waals surface area (Å²) < 4.78 is 10.9. The smallest absolute Gasteiger partial charge is 0.226 e. The number of rotatable bonds is 3. The van der Waals surface area contributed by atoms with Gasteiger partial charge in [-0.05, 0) is 30.2 Å². The maximum atomic E-state index is 5.68. The Morgan fingerprint density at radius 1 is 0.941 bits per heavy atom. The minimum atomic E-state index is -0.0685. The second kappa shape index (κ2) is 4.22. The summed E-state index contributed by atoms with van der Waals surface area (Å²) in [6, 6.07) is 18.4. The van der Waals surface area contributed by atoms with E-state index in [0.29, 0.717) is 0 Å². The lowest BCUT2D eigenvalue weighted by atomic mass is 10.1. The van der Waals surface area contributed by atoms with Gasteiger partial charge in [0.25, 0.3) is 0 Å². The number of hydrogen-bond acceptors (Lipinski definition) is 2. The lowest BCUT2D eigenvalue weighted by Gasteiger charge is -2.05. The SMILES string of the molecule is CC1OC1Oc1cccc(-c2ccccc2)c1. The van der Waals surface area contributed by atoms with Gasteiger partial charge in [-0.1, -0.05) is 42.5 Å². The summed E-state index contributed by atoms with van der Waals surface area (Å²) in [5.74, 6) is 0.862. The van der Waals surface area contributed by atoms with Gasteiger partial charge >= 0.3 is 0 Å². The third-order valence-corrected chi connectivity index (χ3v) is 2.85. The van der Waals surface area contributed by atoms with Crippen LogP contribution in [0.15, 0.2) is 54.6 Å². The monoisotopic (exact) mass is 226 g/mol. The first-order chi connectivity index (χ1) is 8.33. The van der Waals surface area contributed by atoms with Crippen LogP contribution in [-0.2, 0) is 4.74 Å². The van der Waals surface area contributed by atoms with Crippen LogP contribution in [0, 0.1) is 0 Å². The number of hydrogen-bond donors (Lipinski definition) is 0. The molecule has 1 heterocycles. The van der Waals surface area contributed by atoms with Gasteiger partial charge in [-0.15, -0.1) is 0 Å². The van der Waals surface area contributed by atoms with E-state index in [1.54, 1.807) is 0 Å². The number of epoxide rings is 1. The minimum Gasteiger partial charge on any atom is -0.462 e. The van der Waals surface area contributed by atoms with Crippen molar-refractivity contribution in [3.63, 3.8) is 0 Å². The van der Waals surface area contributed by atoms with E-state index >= 15 is 0 Å². The molecule has 1 aliphatic heterocycles. The van der Waals surface area contributed by atoms with Crippen molar-refractivity contribution < 1.29 is 9.47 Å². The Balaban J connectivity index is 1.84. The van der Waals surface area contributed by atoms with E-state index < -0.39 is 0 Å². The molecule has 2 nitrogen and oxygen atoms in total. The van der Waals surface area contributed by atoms with Crippen LogP contribution in [0.3, 0.4) is 0 Å². The molecule has 2 unspecified atom stereocenters. The molecule has 3 rings (SSSR count). The van der Waals surface area contributed by atoms with Gasteiger partial charge < -0.3 is 9.47 Å². The van der Waals surface area contributed by atoms with Gasteiger partial charge in [-0.3, -0.25) is 0 Å². The zero-order chi connectivity index (χ0) is 11.7. The molecule has 0 aliphatic carbocycles. The van der Waals surface area contributed by atoms with E-state index in [2.05, 4.69) is 18.2 Å². The van der Waals surface area contributed by atoms with Crippen molar-refractivity contribution >= 4 is 0 Å². The van der Waals surface area contributed by atoms with E-state index in [0.717, 1.165) is 11.3 Å². The summed E-state index contributed by atoms with van der Waals surface area (Å²) in [5.41, 5.74) is 2.36. The first-order valence-electron chi connectivity index (χ1n) is 5.80. The summed E-state index contributed by atoms with van der Waals surface area (Å²) in [6.45, 7) is 2.01. The molecule has 1 aliphatic rings. The van der Waals surface area contributed by atoms with E-state index in [4.69, 9.17) is 9.47 Å². The third-order valence-electron chi connectivity index (χ3n) is 2.85. The van der Waals surface area contributed by atoms with Gasteiger partial charge in [-0.2, -0.15) is 0 Å². The molecule has 0 radical (unpaired) electrons. The molecule has 2 aromatic rings. The highest BCUT2D eigenvalue weighted by atomic mass is 16.8. The molecule has 17 heavy (non-hydrogen) atoms. The molecule has 2 aromatic carbocycles. The number of ether oxygens (including phenoxy) is 2. The van der Waals surface area contributed by atoms with Crippen LogP contribution in [0.2, 0.25) is 0 Å². The van der Waals surface area contributed by atoms with Crippen LogP contribution in [0.5, 0.6) is 5.75 Å². The predicted molar refractivity (Wildman–Crippen MR) is 66.8 cm³/mol. The highest BCUT2D eigenvalue weighted by Crippen LogP contribution is 2.28. The fraction of sp³-hybridized carbons (Fsp3) is 0.200. The van der Waals surface area contributed by atoms with Crippen LogP contribution < -0.4 is 4.74 Å². The molecule has 1 fully saturated rings. The van der Waals surface area contributed by atoms with Crippen LogP contribution in [0.25, 0.3) is 11.1 Å². The van der Waals surface area contributed by atoms with Crippen molar-refractivity contribution in [3.05, 3.63) is 54.6 Å². The fourth-order valence-electron chi connectivity index (χ4n) is 1.80. The average Bonchev–Trinajstić information content (AvgIpc) is 3.06. The van der Waals surface area contributed by atoms with Gasteiger partial charge in [0.2, 0.25) is 6.29 Å². The summed E-state index contributed by atoms with van der Waals surface area (Å²) in [7, 11) is 0. The van der Waals surface area contributed by atoms with E-state index in [-0.39, 0.29) is 12.4 Å². The Hall–Kier alpha value is -1.80. The second-order valence-electron chi connectivity index (χ2n) is 4.22. The minimum absolute atomic E-state index is 0.0685. The molecule has 2 heteroatoms. The van der Waals surface area contributed by atoms with Crippen molar-refractivity contribution in [3.8, 4) is 16.9 Å². The summed E-state index contributed by atoms with van der Waals surface area (Å²) in [5, 5.41) is 0. The largest absolute Gasteiger partial charge is 0.462 e. The quantitative estimate of drug-likeness (QED) is 0.747. The summed E-state index contributed by atoms with van der Waals surface area (Å²) >= 11 is 0. The Morgan fingerprint density at radius 2 is 1.65 bits per heavy atom. The molecule has 2 atom stereocenters. The normalized spacial score (nSPS) is 22.2. The van der Waals surface area contributed by atoms with Crippen LogP contribution in [0.1, 0.15) is 6.92 Å². The van der Waals surface area contributed by atoms with Gasteiger partial charge in [0.15, 0.2) is 0 Å². The Bertz CT molecular complexity index is 507. The maximum Gasteiger partial charge on any atom is 0.226 e. The van der Waals surface area contributed by atoms with Gasteiger partial charge in [-0.25, -0.2) is 0 Å². The van der Waals surface area contributed by atoms with Crippen LogP contribution >= 0.6 is 0 Å². The molecule has 0 aromatic heterocycles. The Morgan fingerprint density at radius 3 is 2.35 bits per heavy atom. The Kier molecular flexibility index (Phi) is 2.57. The lowest BCUT2D eigenvalue weighted by Crippen LogP contribution is -2.00. The Labute approximate surface area is 101 Å². The third kappa shape index (κ3) is 2.32. The highest BCUT2D eigenvalue weighted by molar-refractivity contribution is 5.64. The lowest BCUT2D eigenvalue weighted by molar-refractivity contribution is 0.178. The number of benzene rings is 2. The summed E-state index contributed by atoms with van der Waals surface area (Å²) in [4.78, 5) is 0. The molecule has 0 N–H and O–H groups in total. The second-order valence-corrected chi connectivity index (χ2v) is 4.22. The van der Waals surface area contributed by atoms with E-state index in [1.165, 1.54) is 5.56 Å². The molecule has 0 spiro atoms. The standard InChI is InChI=1S/C15H14O2/c1-11-15(16-11)17-14-9-5-8-13(10-14)12-6-3-2-4-7-12/h2-11,15H,1H3. The fourth-order valence-corrected chi connectivity index (χ4v) is 1.80. The van der Waals surface area contributed by atoms with Crippen LogP contribution in [0.4, 0.5) is 0 Å². The van der Waals surface area contributed by atoms with Crippen molar-refractivity contribution in [2.75, 3.05) is 0 Å². The van der Waals surface area contributed by atoms with Crippen LogP contribution in [-0.4, -0.2) is 12.4 Å². The summed E-state index contributed by atoms with van der Waals surface area (Å²) in [6.07, 6.45) is 0.149. The van der Waals surface area contributed by atoms with Crippen molar-refractivity contribution in [2.24, 2.45) is 0 Å². The maximum absolute atomic E-state index is 5.68. The molecular formula is C15H14O2. The zero-order valence-electron chi connectivity index (χ0n) is 9.67. The molecule has 1 saturated heterocycles. The van der Waals surface area contributed by atoms with Crippen molar-refractivity contribution in [1.29, 1.82) is 0 Å². The molecule has 86 valence electrons. The molecule has 0 saturated carbocycles. The van der Waals surface area contributed by atoms with E-state index in [1.807, 2.05) is 43.3 Å². The van der Waals surface area contributed by atoms with Gasteiger partial charge in [0.05, 0.1) is 0 Å². The first-order valence-corrected chi connectivity index (χ1v) is 5.80. The van der Waals surface area contributed by atoms with Crippen molar-refractivity contribution in [1.82, 2.24) is 0 Å². The molecule has 0 bridgehead atoms. The topological polar surface area (TPSA) is 21.8 Å². The van der Waals surface area contributed by atoms with Crippen molar-refractivity contribution in [2.45, 2.75) is 19.3 Å². The molecular weight excluding hydrogens is 212 g/mol.